The van der Waals surface area contributed by atoms with Crippen molar-refractivity contribution in [2.75, 3.05) is 6.54 Å². The van der Waals surface area contributed by atoms with Crippen LogP contribution in [0, 0.1) is 11.3 Å². The van der Waals surface area contributed by atoms with Crippen LogP contribution in [0.15, 0.2) is 15.9 Å². The Labute approximate surface area is 110 Å². The van der Waals surface area contributed by atoms with Gasteiger partial charge in [0, 0.05) is 17.5 Å². The van der Waals surface area contributed by atoms with Crippen LogP contribution in [0.1, 0.15) is 43.5 Å². The molecule has 1 aromatic rings. The lowest BCUT2D eigenvalue weighted by atomic mass is 10.0. The molecule has 0 aromatic carbocycles. The molecule has 2 aliphatic rings. The maximum absolute atomic E-state index is 3.73. The zero-order chi connectivity index (χ0) is 11.2. The first-order chi connectivity index (χ1) is 7.70. The van der Waals surface area contributed by atoms with Crippen molar-refractivity contribution in [2.45, 2.75) is 38.6 Å². The Bertz CT molecular complexity index is 379. The van der Waals surface area contributed by atoms with Gasteiger partial charge in [0.25, 0.3) is 0 Å². The van der Waals surface area contributed by atoms with Gasteiger partial charge < -0.3 is 5.32 Å². The summed E-state index contributed by atoms with van der Waals surface area (Å²) in [6.45, 7) is 3.51. The van der Waals surface area contributed by atoms with Crippen molar-refractivity contribution in [3.63, 3.8) is 0 Å². The molecule has 3 heteroatoms. The summed E-state index contributed by atoms with van der Waals surface area (Å²) >= 11 is 5.37. The summed E-state index contributed by atoms with van der Waals surface area (Å²) in [5, 5.41) is 3.73. The monoisotopic (exact) mass is 299 g/mol. The molecule has 0 saturated heterocycles. The predicted octanol–water partition coefficient (Wildman–Crippen LogP) is 4.35. The largest absolute Gasteiger partial charge is 0.309 e. The van der Waals surface area contributed by atoms with Crippen LogP contribution in [0.4, 0.5) is 0 Å². The van der Waals surface area contributed by atoms with E-state index in [9.17, 15) is 0 Å². The fourth-order valence-corrected chi connectivity index (χ4v) is 4.05. The third-order valence-corrected chi connectivity index (χ3v) is 5.92. The van der Waals surface area contributed by atoms with Crippen molar-refractivity contribution in [3.8, 4) is 0 Å². The van der Waals surface area contributed by atoms with Crippen molar-refractivity contribution in [2.24, 2.45) is 11.3 Å². The first-order valence-corrected chi connectivity index (χ1v) is 7.79. The topological polar surface area (TPSA) is 12.0 Å². The first-order valence-electron chi connectivity index (χ1n) is 6.18. The van der Waals surface area contributed by atoms with Crippen molar-refractivity contribution >= 4 is 27.3 Å². The van der Waals surface area contributed by atoms with Crippen LogP contribution in [-0.4, -0.2) is 6.54 Å². The number of rotatable bonds is 5. The van der Waals surface area contributed by atoms with Gasteiger partial charge in [-0.3, -0.25) is 0 Å². The minimum Gasteiger partial charge on any atom is -0.309 e. The van der Waals surface area contributed by atoms with Gasteiger partial charge in [-0.25, -0.2) is 0 Å². The number of hydrogen-bond donors (Lipinski definition) is 1. The van der Waals surface area contributed by atoms with E-state index in [1.807, 2.05) is 11.3 Å². The highest BCUT2D eigenvalue weighted by Gasteiger charge is 2.53. The minimum absolute atomic E-state index is 0.507. The van der Waals surface area contributed by atoms with E-state index in [-0.39, 0.29) is 0 Å². The van der Waals surface area contributed by atoms with E-state index in [1.165, 1.54) is 40.9 Å². The molecule has 88 valence electrons. The van der Waals surface area contributed by atoms with E-state index in [4.69, 9.17) is 0 Å². The second kappa shape index (κ2) is 4.11. The quantitative estimate of drug-likeness (QED) is 0.852. The minimum atomic E-state index is 0.507. The summed E-state index contributed by atoms with van der Waals surface area (Å²) in [5.41, 5.74) is 0.711. The van der Waals surface area contributed by atoms with Crippen LogP contribution in [-0.2, 0) is 0 Å². The summed E-state index contributed by atoms with van der Waals surface area (Å²) in [6, 6.07) is 4.88. The fraction of sp³-hybridized carbons (Fsp3) is 0.692. The Morgan fingerprint density at radius 2 is 2.25 bits per heavy atom. The number of thiophene rings is 1. The molecule has 2 aliphatic carbocycles. The van der Waals surface area contributed by atoms with Gasteiger partial charge in [-0.15, -0.1) is 11.3 Å². The number of nitrogens with one attached hydrogen (secondary N) is 1. The van der Waals surface area contributed by atoms with Gasteiger partial charge in [0.2, 0.25) is 0 Å². The molecule has 1 atom stereocenters. The van der Waals surface area contributed by atoms with E-state index >= 15 is 0 Å². The second-order valence-electron chi connectivity index (χ2n) is 5.38. The van der Waals surface area contributed by atoms with Crippen LogP contribution < -0.4 is 5.32 Å². The van der Waals surface area contributed by atoms with Crippen LogP contribution in [0.5, 0.6) is 0 Å². The molecular formula is C13H18BrNS. The third-order valence-electron chi connectivity index (χ3n) is 4.12. The molecule has 0 amide bonds. The molecule has 1 heterocycles. The number of hydrogen-bond acceptors (Lipinski definition) is 2. The van der Waals surface area contributed by atoms with Gasteiger partial charge >= 0.3 is 0 Å². The Morgan fingerprint density at radius 3 is 2.75 bits per heavy atom. The molecule has 2 fully saturated rings. The average Bonchev–Trinajstić information content (AvgIpc) is 3.14. The molecule has 0 radical (unpaired) electrons. The first kappa shape index (κ1) is 11.2. The normalized spacial score (nSPS) is 24.4. The van der Waals surface area contributed by atoms with Crippen molar-refractivity contribution < 1.29 is 0 Å². The fourth-order valence-electron chi connectivity index (χ4n) is 2.60. The van der Waals surface area contributed by atoms with Crippen LogP contribution in [0.25, 0.3) is 0 Å². The van der Waals surface area contributed by atoms with E-state index in [0.29, 0.717) is 11.5 Å². The Morgan fingerprint density at radius 1 is 1.50 bits per heavy atom. The van der Waals surface area contributed by atoms with Crippen LogP contribution in [0.2, 0.25) is 0 Å². The van der Waals surface area contributed by atoms with E-state index < -0.39 is 0 Å². The average molecular weight is 300 g/mol. The van der Waals surface area contributed by atoms with Gasteiger partial charge in [-0.05, 0) is 72.0 Å². The Balaban J connectivity index is 1.55. The smallest absolute Gasteiger partial charge is 0.0701 e. The van der Waals surface area contributed by atoms with E-state index in [2.05, 4.69) is 40.3 Å². The summed E-state index contributed by atoms with van der Waals surface area (Å²) in [7, 11) is 0. The highest BCUT2D eigenvalue weighted by Crippen LogP contribution is 2.61. The molecule has 1 nitrogen and oxygen atoms in total. The van der Waals surface area contributed by atoms with Crippen molar-refractivity contribution in [1.82, 2.24) is 5.32 Å². The Kier molecular flexibility index (Phi) is 2.89. The van der Waals surface area contributed by atoms with Crippen molar-refractivity contribution in [1.29, 1.82) is 0 Å². The van der Waals surface area contributed by atoms with E-state index in [1.54, 1.807) is 0 Å². The zero-order valence-corrected chi connectivity index (χ0v) is 12.0. The highest BCUT2D eigenvalue weighted by molar-refractivity contribution is 9.11. The molecule has 2 saturated carbocycles. The van der Waals surface area contributed by atoms with E-state index in [0.717, 1.165) is 5.92 Å². The van der Waals surface area contributed by atoms with Gasteiger partial charge in [0.05, 0.1) is 3.79 Å². The maximum Gasteiger partial charge on any atom is 0.0701 e. The molecule has 0 spiro atoms. The van der Waals surface area contributed by atoms with Gasteiger partial charge in [0.15, 0.2) is 0 Å². The molecule has 1 aromatic heterocycles. The van der Waals surface area contributed by atoms with Gasteiger partial charge in [-0.2, -0.15) is 0 Å². The molecule has 1 N–H and O–H groups in total. The lowest BCUT2D eigenvalue weighted by Crippen LogP contribution is -2.27. The zero-order valence-electron chi connectivity index (χ0n) is 9.63. The van der Waals surface area contributed by atoms with Crippen molar-refractivity contribution in [3.05, 3.63) is 20.8 Å². The van der Waals surface area contributed by atoms with Gasteiger partial charge in [-0.1, -0.05) is 0 Å². The molecular weight excluding hydrogens is 282 g/mol. The maximum atomic E-state index is 3.73. The van der Waals surface area contributed by atoms with Crippen LogP contribution in [0.3, 0.4) is 0 Å². The third kappa shape index (κ3) is 2.22. The van der Waals surface area contributed by atoms with Gasteiger partial charge in [0.1, 0.15) is 0 Å². The molecule has 3 rings (SSSR count). The standard InChI is InChI=1S/C13H18BrNS/c1-9(11-4-5-12(14)16-11)15-8-13(6-7-13)10-2-3-10/h4-5,9-10,15H,2-3,6-8H2,1H3. The summed E-state index contributed by atoms with van der Waals surface area (Å²) in [6.07, 6.45) is 5.90. The Hall–Kier alpha value is 0.140. The summed E-state index contributed by atoms with van der Waals surface area (Å²) < 4.78 is 1.24. The summed E-state index contributed by atoms with van der Waals surface area (Å²) in [5.74, 6) is 1.06. The highest BCUT2D eigenvalue weighted by atomic mass is 79.9. The lowest BCUT2D eigenvalue weighted by molar-refractivity contribution is 0.383. The molecule has 16 heavy (non-hydrogen) atoms. The predicted molar refractivity (Wildman–Crippen MR) is 72.8 cm³/mol. The molecule has 1 unspecified atom stereocenters. The number of halogens is 1. The molecule has 0 bridgehead atoms. The lowest BCUT2D eigenvalue weighted by Gasteiger charge is -2.19. The second-order valence-corrected chi connectivity index (χ2v) is 7.88. The SMILES string of the molecule is CC(NCC1(C2CC2)CC1)c1ccc(Br)s1. The van der Waals surface area contributed by atoms with Crippen LogP contribution >= 0.6 is 27.3 Å². The molecule has 0 aliphatic heterocycles. The summed E-state index contributed by atoms with van der Waals surface area (Å²) in [4.78, 5) is 1.44.